The van der Waals surface area contributed by atoms with E-state index in [0.717, 1.165) is 42.5 Å². The van der Waals surface area contributed by atoms with E-state index < -0.39 is 0 Å². The number of rotatable bonds is 4. The van der Waals surface area contributed by atoms with Gasteiger partial charge >= 0.3 is 0 Å². The Kier molecular flexibility index (Phi) is 3.74. The van der Waals surface area contributed by atoms with Crippen LogP contribution in [0.15, 0.2) is 30.3 Å². The van der Waals surface area contributed by atoms with Crippen LogP contribution >= 0.6 is 0 Å². The molecule has 0 saturated carbocycles. The van der Waals surface area contributed by atoms with E-state index in [9.17, 15) is 4.79 Å². The van der Waals surface area contributed by atoms with Crippen LogP contribution < -0.4 is 0 Å². The van der Waals surface area contributed by atoms with E-state index in [1.54, 1.807) is 7.11 Å². The maximum Gasteiger partial charge on any atom is 0.238 e. The van der Waals surface area contributed by atoms with Crippen LogP contribution in [-0.2, 0) is 9.53 Å². The second kappa shape index (κ2) is 5.67. The lowest BCUT2D eigenvalue weighted by Gasteiger charge is -2.21. The lowest BCUT2D eigenvalue weighted by Crippen LogP contribution is -2.35. The van der Waals surface area contributed by atoms with Gasteiger partial charge in [0.2, 0.25) is 5.91 Å². The molecule has 2 aromatic rings. The standard InChI is InChI=1S/C16H19N2O2/c1-20-11-13(16(19)18-8-4-5-9-18)15-10-12-6-2-3-7-14(12)17-15/h2-3,6-7,10,17H,4-5,8-9,11H2,1H3. The number of benzene rings is 1. The molecule has 0 aliphatic carbocycles. The fourth-order valence-corrected chi connectivity index (χ4v) is 2.75. The largest absolute Gasteiger partial charge is 0.383 e. The van der Waals surface area contributed by atoms with E-state index in [-0.39, 0.29) is 5.91 Å². The summed E-state index contributed by atoms with van der Waals surface area (Å²) in [6, 6.07) is 10.1. The van der Waals surface area contributed by atoms with Crippen LogP contribution in [0.25, 0.3) is 10.9 Å². The van der Waals surface area contributed by atoms with Crippen molar-refractivity contribution in [3.8, 4) is 0 Å². The monoisotopic (exact) mass is 271 g/mol. The first-order chi connectivity index (χ1) is 9.79. The van der Waals surface area contributed by atoms with Crippen LogP contribution in [0, 0.1) is 5.92 Å². The number of H-pyrrole nitrogens is 1. The highest BCUT2D eigenvalue weighted by Crippen LogP contribution is 2.24. The van der Waals surface area contributed by atoms with Gasteiger partial charge in [0, 0.05) is 31.4 Å². The average molecular weight is 271 g/mol. The fraction of sp³-hybridized carbons (Fsp3) is 0.375. The topological polar surface area (TPSA) is 45.3 Å². The van der Waals surface area contributed by atoms with Crippen molar-refractivity contribution in [2.24, 2.45) is 0 Å². The van der Waals surface area contributed by atoms with Crippen LogP contribution in [-0.4, -0.2) is 42.6 Å². The number of aromatic nitrogens is 1. The quantitative estimate of drug-likeness (QED) is 0.928. The van der Waals surface area contributed by atoms with Crippen molar-refractivity contribution in [3.05, 3.63) is 41.9 Å². The third-order valence-corrected chi connectivity index (χ3v) is 3.80. The summed E-state index contributed by atoms with van der Waals surface area (Å²) in [5.41, 5.74) is 1.91. The number of hydrogen-bond donors (Lipinski definition) is 1. The lowest BCUT2D eigenvalue weighted by atomic mass is 10.0. The highest BCUT2D eigenvalue weighted by atomic mass is 16.5. The molecule has 0 spiro atoms. The molecule has 1 saturated heterocycles. The Morgan fingerprint density at radius 2 is 2.05 bits per heavy atom. The number of nitrogens with one attached hydrogen (secondary N) is 1. The number of likely N-dealkylation sites (tertiary alicyclic amines) is 1. The third-order valence-electron chi connectivity index (χ3n) is 3.80. The summed E-state index contributed by atoms with van der Waals surface area (Å²) in [4.78, 5) is 17.8. The molecule has 1 fully saturated rings. The molecule has 1 radical (unpaired) electrons. The van der Waals surface area contributed by atoms with Crippen molar-refractivity contribution in [2.45, 2.75) is 12.8 Å². The second-order valence-electron chi connectivity index (χ2n) is 5.18. The molecule has 20 heavy (non-hydrogen) atoms. The minimum atomic E-state index is 0.0934. The molecule has 3 rings (SSSR count). The van der Waals surface area contributed by atoms with Gasteiger partial charge in [0.1, 0.15) is 5.92 Å². The molecule has 1 aliphatic rings. The van der Waals surface area contributed by atoms with Crippen LogP contribution in [0.1, 0.15) is 18.5 Å². The van der Waals surface area contributed by atoms with Crippen molar-refractivity contribution in [1.29, 1.82) is 0 Å². The Morgan fingerprint density at radius 3 is 2.75 bits per heavy atom. The van der Waals surface area contributed by atoms with Gasteiger partial charge in [-0.1, -0.05) is 18.2 Å². The first-order valence-electron chi connectivity index (χ1n) is 7.02. The molecular formula is C16H19N2O2. The minimum absolute atomic E-state index is 0.0934. The third kappa shape index (κ3) is 2.43. The number of ether oxygens (including phenoxy) is 1. The van der Waals surface area contributed by atoms with E-state index in [1.165, 1.54) is 0 Å². The summed E-state index contributed by atoms with van der Waals surface area (Å²) in [6.07, 6.45) is 2.19. The Morgan fingerprint density at radius 1 is 1.30 bits per heavy atom. The number of methoxy groups -OCH3 is 1. The summed E-state index contributed by atoms with van der Waals surface area (Å²) in [5, 5.41) is 1.12. The van der Waals surface area contributed by atoms with Crippen molar-refractivity contribution < 1.29 is 9.53 Å². The van der Waals surface area contributed by atoms with Gasteiger partial charge in [-0.3, -0.25) is 4.79 Å². The summed E-state index contributed by atoms with van der Waals surface area (Å²) in [5.74, 6) is 0.807. The SMILES string of the molecule is COC[C](C(=O)N1CCCC1)c1cc2ccccc2[nH]1. The molecule has 1 amide bonds. The van der Waals surface area contributed by atoms with Gasteiger partial charge < -0.3 is 14.6 Å². The Labute approximate surface area is 118 Å². The number of amides is 1. The van der Waals surface area contributed by atoms with Gasteiger partial charge in [-0.25, -0.2) is 0 Å². The first kappa shape index (κ1) is 13.2. The van der Waals surface area contributed by atoms with Gasteiger partial charge in [-0.05, 0) is 30.4 Å². The zero-order valence-electron chi connectivity index (χ0n) is 11.7. The van der Waals surface area contributed by atoms with Gasteiger partial charge in [-0.15, -0.1) is 0 Å². The van der Waals surface area contributed by atoms with Gasteiger partial charge in [0.05, 0.1) is 6.61 Å². The summed E-state index contributed by atoms with van der Waals surface area (Å²) >= 11 is 0. The lowest BCUT2D eigenvalue weighted by molar-refractivity contribution is -0.128. The predicted molar refractivity (Wildman–Crippen MR) is 78.3 cm³/mol. The molecule has 4 nitrogen and oxygen atoms in total. The Bertz CT molecular complexity index is 566. The fourth-order valence-electron chi connectivity index (χ4n) is 2.75. The number of carbonyl (C=O) groups is 1. The van der Waals surface area contributed by atoms with E-state index in [2.05, 4.69) is 4.98 Å². The minimum Gasteiger partial charge on any atom is -0.383 e. The number of nitrogens with zero attached hydrogens (tertiary/aromatic N) is 1. The number of carbonyl (C=O) groups excluding carboxylic acids is 1. The molecule has 1 aromatic carbocycles. The molecule has 0 atom stereocenters. The van der Waals surface area contributed by atoms with Crippen molar-refractivity contribution in [1.82, 2.24) is 9.88 Å². The number of aromatic amines is 1. The van der Waals surface area contributed by atoms with E-state index in [0.29, 0.717) is 12.5 Å². The van der Waals surface area contributed by atoms with E-state index >= 15 is 0 Å². The molecule has 0 bridgehead atoms. The predicted octanol–water partition coefficient (Wildman–Crippen LogP) is 2.36. The molecule has 1 N–H and O–H groups in total. The Hall–Kier alpha value is -1.81. The zero-order valence-corrected chi connectivity index (χ0v) is 11.7. The molecule has 1 aliphatic heterocycles. The smallest absolute Gasteiger partial charge is 0.238 e. The van der Waals surface area contributed by atoms with Gasteiger partial charge in [-0.2, -0.15) is 0 Å². The maximum atomic E-state index is 12.6. The number of para-hydroxylation sites is 1. The van der Waals surface area contributed by atoms with Crippen molar-refractivity contribution in [3.63, 3.8) is 0 Å². The molecule has 1 aromatic heterocycles. The average Bonchev–Trinajstić information content (AvgIpc) is 3.12. The van der Waals surface area contributed by atoms with Crippen LogP contribution in [0.5, 0.6) is 0 Å². The highest BCUT2D eigenvalue weighted by molar-refractivity contribution is 5.96. The molecule has 4 heteroatoms. The summed E-state index contributed by atoms with van der Waals surface area (Å²) in [7, 11) is 1.62. The van der Waals surface area contributed by atoms with Crippen LogP contribution in [0.4, 0.5) is 0 Å². The van der Waals surface area contributed by atoms with Crippen molar-refractivity contribution >= 4 is 16.8 Å². The van der Waals surface area contributed by atoms with Gasteiger partial charge in [0.25, 0.3) is 0 Å². The van der Waals surface area contributed by atoms with Crippen molar-refractivity contribution in [2.75, 3.05) is 26.8 Å². The number of hydrogen-bond acceptors (Lipinski definition) is 2. The first-order valence-corrected chi connectivity index (χ1v) is 7.02. The molecular weight excluding hydrogens is 252 g/mol. The normalized spacial score (nSPS) is 15.4. The van der Waals surface area contributed by atoms with Gasteiger partial charge in [0.15, 0.2) is 0 Å². The zero-order chi connectivity index (χ0) is 13.9. The summed E-state index contributed by atoms with van der Waals surface area (Å²) < 4.78 is 5.23. The van der Waals surface area contributed by atoms with Crippen LogP contribution in [0.3, 0.4) is 0 Å². The summed E-state index contributed by atoms with van der Waals surface area (Å²) in [6.45, 7) is 2.04. The molecule has 2 heterocycles. The number of fused-ring (bicyclic) bond motifs is 1. The van der Waals surface area contributed by atoms with E-state index in [1.807, 2.05) is 35.2 Å². The maximum absolute atomic E-state index is 12.6. The van der Waals surface area contributed by atoms with E-state index in [4.69, 9.17) is 4.74 Å². The molecule has 0 unspecified atom stereocenters. The van der Waals surface area contributed by atoms with Crippen LogP contribution in [0.2, 0.25) is 0 Å². The Balaban J connectivity index is 1.90. The highest BCUT2D eigenvalue weighted by Gasteiger charge is 2.29. The molecule has 105 valence electrons. The second-order valence-corrected chi connectivity index (χ2v) is 5.18.